The number of halogens is 1. The molecule has 1 aromatic carbocycles. The standard InChI is InChI=1S/C20H31FN2O3/c1-19(2)14-23(13-16-12-17(25-3)4-5-18(16)21)7-6-20(19,24)15-22-8-10-26-11-9-22/h4-5,12,24H,6-11,13-15H2,1-3H3/t20-/m1/s1. The number of hydrogen-bond donors (Lipinski definition) is 1. The maximum absolute atomic E-state index is 14.2. The number of nitrogens with zero attached hydrogens (tertiary/aromatic N) is 2. The molecule has 26 heavy (non-hydrogen) atoms. The number of rotatable bonds is 5. The van der Waals surface area contributed by atoms with E-state index < -0.39 is 5.60 Å². The second kappa shape index (κ2) is 7.80. The van der Waals surface area contributed by atoms with Gasteiger partial charge in [-0.15, -0.1) is 0 Å². The molecule has 0 bridgehead atoms. The van der Waals surface area contributed by atoms with E-state index in [1.54, 1.807) is 19.2 Å². The summed E-state index contributed by atoms with van der Waals surface area (Å²) < 4.78 is 24.8. The van der Waals surface area contributed by atoms with Crippen molar-refractivity contribution in [3.05, 3.63) is 29.6 Å². The first kappa shape index (κ1) is 19.5. The zero-order chi connectivity index (χ0) is 18.8. The Morgan fingerprint density at radius 3 is 2.58 bits per heavy atom. The van der Waals surface area contributed by atoms with Crippen LogP contribution in [0.1, 0.15) is 25.8 Å². The number of methoxy groups -OCH3 is 1. The van der Waals surface area contributed by atoms with Crippen LogP contribution < -0.4 is 4.74 Å². The van der Waals surface area contributed by atoms with Crippen LogP contribution in [0, 0.1) is 11.2 Å². The minimum Gasteiger partial charge on any atom is -0.497 e. The summed E-state index contributed by atoms with van der Waals surface area (Å²) >= 11 is 0. The molecule has 2 heterocycles. The maximum atomic E-state index is 14.2. The van der Waals surface area contributed by atoms with Gasteiger partial charge in [-0.1, -0.05) is 13.8 Å². The molecule has 1 atom stereocenters. The van der Waals surface area contributed by atoms with Gasteiger partial charge >= 0.3 is 0 Å². The smallest absolute Gasteiger partial charge is 0.127 e. The summed E-state index contributed by atoms with van der Waals surface area (Å²) in [5.41, 5.74) is -0.383. The van der Waals surface area contributed by atoms with Crippen molar-refractivity contribution in [1.82, 2.24) is 9.80 Å². The molecule has 5 nitrogen and oxygen atoms in total. The lowest BCUT2D eigenvalue weighted by atomic mass is 9.69. The predicted octanol–water partition coefficient (Wildman–Crippen LogP) is 2.13. The Balaban J connectivity index is 1.66. The van der Waals surface area contributed by atoms with E-state index in [2.05, 4.69) is 23.6 Å². The van der Waals surface area contributed by atoms with Crippen molar-refractivity contribution in [2.75, 3.05) is 53.0 Å². The first-order chi connectivity index (χ1) is 12.3. The van der Waals surface area contributed by atoms with Crippen molar-refractivity contribution in [2.45, 2.75) is 32.4 Å². The van der Waals surface area contributed by atoms with Gasteiger partial charge in [0.05, 0.1) is 25.9 Å². The Hall–Kier alpha value is -1.21. The average molecular weight is 366 g/mol. The molecule has 2 fully saturated rings. The van der Waals surface area contributed by atoms with E-state index in [-0.39, 0.29) is 11.2 Å². The van der Waals surface area contributed by atoms with E-state index in [0.29, 0.717) is 30.8 Å². The number of morpholine rings is 1. The molecular weight excluding hydrogens is 335 g/mol. The van der Waals surface area contributed by atoms with Crippen LogP contribution in [0.5, 0.6) is 5.75 Å². The number of likely N-dealkylation sites (tertiary alicyclic amines) is 1. The van der Waals surface area contributed by atoms with Crippen molar-refractivity contribution >= 4 is 0 Å². The molecule has 0 unspecified atom stereocenters. The third-order valence-electron chi connectivity index (χ3n) is 5.96. The lowest BCUT2D eigenvalue weighted by Gasteiger charge is -2.52. The summed E-state index contributed by atoms with van der Waals surface area (Å²) in [5, 5.41) is 11.4. The van der Waals surface area contributed by atoms with E-state index in [1.807, 2.05) is 0 Å². The van der Waals surface area contributed by atoms with Gasteiger partial charge in [-0.05, 0) is 24.6 Å². The summed E-state index contributed by atoms with van der Waals surface area (Å²) in [5.74, 6) is 0.458. The molecule has 6 heteroatoms. The monoisotopic (exact) mass is 366 g/mol. The molecule has 146 valence electrons. The highest BCUT2D eigenvalue weighted by Gasteiger charge is 2.48. The van der Waals surface area contributed by atoms with Crippen molar-refractivity contribution < 1.29 is 19.0 Å². The molecule has 0 radical (unpaired) electrons. The number of benzene rings is 1. The molecule has 0 saturated carbocycles. The van der Waals surface area contributed by atoms with Crippen LogP contribution in [0.4, 0.5) is 4.39 Å². The van der Waals surface area contributed by atoms with E-state index in [0.717, 1.165) is 39.4 Å². The average Bonchev–Trinajstić information content (AvgIpc) is 2.61. The third-order valence-corrected chi connectivity index (χ3v) is 5.96. The molecular formula is C20H31FN2O3. The molecule has 3 rings (SSSR count). The van der Waals surface area contributed by atoms with Gasteiger partial charge in [0.1, 0.15) is 11.6 Å². The third kappa shape index (κ3) is 4.19. The molecule has 2 saturated heterocycles. The van der Waals surface area contributed by atoms with E-state index in [1.165, 1.54) is 6.07 Å². The van der Waals surface area contributed by atoms with Gasteiger partial charge in [-0.25, -0.2) is 4.39 Å². The predicted molar refractivity (Wildman–Crippen MR) is 98.8 cm³/mol. The van der Waals surface area contributed by atoms with Gasteiger partial charge in [-0.2, -0.15) is 0 Å². The minimum atomic E-state index is -0.742. The fourth-order valence-corrected chi connectivity index (χ4v) is 4.06. The molecule has 1 N–H and O–H groups in total. The summed E-state index contributed by atoms with van der Waals surface area (Å²) in [7, 11) is 1.59. The first-order valence-corrected chi connectivity index (χ1v) is 9.40. The van der Waals surface area contributed by atoms with Gasteiger partial charge in [-0.3, -0.25) is 9.80 Å². The Bertz CT molecular complexity index is 619. The second-order valence-electron chi connectivity index (χ2n) is 8.22. The summed E-state index contributed by atoms with van der Waals surface area (Å²) in [6.45, 7) is 10.1. The van der Waals surface area contributed by atoms with Crippen LogP contribution in [-0.4, -0.2) is 73.6 Å². The fourth-order valence-electron chi connectivity index (χ4n) is 4.06. The van der Waals surface area contributed by atoms with Crippen LogP contribution in [-0.2, 0) is 11.3 Å². The van der Waals surface area contributed by atoms with Crippen molar-refractivity contribution in [1.29, 1.82) is 0 Å². The second-order valence-corrected chi connectivity index (χ2v) is 8.22. The molecule has 0 aromatic heterocycles. The van der Waals surface area contributed by atoms with Crippen molar-refractivity contribution in [2.24, 2.45) is 5.41 Å². The topological polar surface area (TPSA) is 45.2 Å². The Labute approximate surface area is 155 Å². The molecule has 0 spiro atoms. The lowest BCUT2D eigenvalue weighted by molar-refractivity contribution is -0.141. The van der Waals surface area contributed by atoms with Gasteiger partial charge in [0, 0.05) is 50.2 Å². The maximum Gasteiger partial charge on any atom is 0.127 e. The van der Waals surface area contributed by atoms with Crippen LogP contribution in [0.3, 0.4) is 0 Å². The van der Waals surface area contributed by atoms with Crippen molar-refractivity contribution in [3.8, 4) is 5.75 Å². The molecule has 0 amide bonds. The van der Waals surface area contributed by atoms with Crippen molar-refractivity contribution in [3.63, 3.8) is 0 Å². The number of ether oxygens (including phenoxy) is 2. The molecule has 0 aliphatic carbocycles. The highest BCUT2D eigenvalue weighted by atomic mass is 19.1. The van der Waals surface area contributed by atoms with Crippen LogP contribution >= 0.6 is 0 Å². The van der Waals surface area contributed by atoms with Crippen LogP contribution in [0.2, 0.25) is 0 Å². The quantitative estimate of drug-likeness (QED) is 0.865. The summed E-state index contributed by atoms with van der Waals surface area (Å²) in [6, 6.07) is 4.86. The van der Waals surface area contributed by atoms with Crippen LogP contribution in [0.15, 0.2) is 18.2 Å². The lowest BCUT2D eigenvalue weighted by Crippen LogP contribution is -2.62. The molecule has 1 aromatic rings. The highest BCUT2D eigenvalue weighted by molar-refractivity contribution is 5.29. The fraction of sp³-hybridized carbons (Fsp3) is 0.700. The van der Waals surface area contributed by atoms with Gasteiger partial charge in [0.2, 0.25) is 0 Å². The zero-order valence-corrected chi connectivity index (χ0v) is 16.1. The SMILES string of the molecule is COc1ccc(F)c(CN2CC[C@@](O)(CN3CCOCC3)C(C)(C)C2)c1. The minimum absolute atomic E-state index is 0.210. The van der Waals surface area contributed by atoms with E-state index in [4.69, 9.17) is 9.47 Å². The van der Waals surface area contributed by atoms with Gasteiger partial charge in [0.25, 0.3) is 0 Å². The van der Waals surface area contributed by atoms with E-state index in [9.17, 15) is 9.50 Å². The van der Waals surface area contributed by atoms with Crippen LogP contribution in [0.25, 0.3) is 0 Å². The zero-order valence-electron chi connectivity index (χ0n) is 16.1. The van der Waals surface area contributed by atoms with Gasteiger partial charge < -0.3 is 14.6 Å². The summed E-state index contributed by atoms with van der Waals surface area (Å²) in [6.07, 6.45) is 0.683. The largest absolute Gasteiger partial charge is 0.497 e. The Morgan fingerprint density at radius 1 is 1.19 bits per heavy atom. The Morgan fingerprint density at radius 2 is 1.92 bits per heavy atom. The van der Waals surface area contributed by atoms with E-state index >= 15 is 0 Å². The normalized spacial score (nSPS) is 27.4. The number of aliphatic hydroxyl groups is 1. The van der Waals surface area contributed by atoms with Gasteiger partial charge in [0.15, 0.2) is 0 Å². The Kier molecular flexibility index (Phi) is 5.87. The first-order valence-electron chi connectivity index (χ1n) is 9.40. The highest BCUT2D eigenvalue weighted by Crippen LogP contribution is 2.40. The number of β-amino-alcohol motifs (C(OH)–C–C–N with tert-alkyl or cyclic N) is 1. The molecule has 2 aliphatic heterocycles. The molecule has 2 aliphatic rings. The number of piperidine rings is 1. The summed E-state index contributed by atoms with van der Waals surface area (Å²) in [4.78, 5) is 4.52. The number of hydrogen-bond acceptors (Lipinski definition) is 5.